The number of nitrogens with one attached hydrogen (secondary N) is 1. The number of hydrogen-bond acceptors (Lipinski definition) is 6. The third kappa shape index (κ3) is 5.68. The van der Waals surface area contributed by atoms with Crippen molar-refractivity contribution in [2.24, 2.45) is 0 Å². The standard InChI is InChI=1S/C27H29N3O4S2/c1-4-34-21-10-8-19(9-11-21)28-25(31)17-23-26(32)30(20-6-5-7-22(16-20)33-3)27(35)29(23)14-12-24-18(2)13-15-36-24/h5-11,13,15-16,23H,4,12,14,17H2,1-3H3,(H,28,31)/t23-/m1/s1. The average Bonchev–Trinajstić information content (AvgIpc) is 3.38. The molecule has 1 aromatic heterocycles. The van der Waals surface area contributed by atoms with E-state index in [4.69, 9.17) is 21.7 Å². The van der Waals surface area contributed by atoms with Crippen molar-refractivity contribution in [2.75, 3.05) is 30.5 Å². The van der Waals surface area contributed by atoms with Crippen LogP contribution in [0.4, 0.5) is 11.4 Å². The van der Waals surface area contributed by atoms with Gasteiger partial charge in [0, 0.05) is 23.2 Å². The highest BCUT2D eigenvalue weighted by atomic mass is 32.1. The molecule has 9 heteroatoms. The number of ether oxygens (including phenoxy) is 2. The van der Waals surface area contributed by atoms with Gasteiger partial charge >= 0.3 is 0 Å². The van der Waals surface area contributed by atoms with Crippen molar-refractivity contribution in [1.82, 2.24) is 4.90 Å². The molecule has 1 atom stereocenters. The van der Waals surface area contributed by atoms with Crippen LogP contribution in [0.3, 0.4) is 0 Å². The number of hydrogen-bond donors (Lipinski definition) is 1. The van der Waals surface area contributed by atoms with Crippen LogP contribution in [0.2, 0.25) is 0 Å². The summed E-state index contributed by atoms with van der Waals surface area (Å²) in [5, 5.41) is 5.34. The predicted octanol–water partition coefficient (Wildman–Crippen LogP) is 5.04. The van der Waals surface area contributed by atoms with Crippen molar-refractivity contribution >= 4 is 51.9 Å². The van der Waals surface area contributed by atoms with Crippen LogP contribution >= 0.6 is 23.6 Å². The lowest BCUT2D eigenvalue weighted by Gasteiger charge is -2.24. The summed E-state index contributed by atoms with van der Waals surface area (Å²) in [7, 11) is 1.58. The van der Waals surface area contributed by atoms with Crippen LogP contribution in [0.5, 0.6) is 11.5 Å². The molecule has 1 aliphatic rings. The maximum atomic E-state index is 13.6. The normalized spacial score (nSPS) is 15.4. The zero-order valence-electron chi connectivity index (χ0n) is 20.5. The number of thiocarbonyl (C=S) groups is 1. The van der Waals surface area contributed by atoms with Crippen LogP contribution in [0.15, 0.2) is 60.0 Å². The van der Waals surface area contributed by atoms with E-state index in [0.29, 0.717) is 35.4 Å². The molecular weight excluding hydrogens is 494 g/mol. The number of aryl methyl sites for hydroxylation is 1. The van der Waals surface area contributed by atoms with Crippen LogP contribution in [0, 0.1) is 6.92 Å². The highest BCUT2D eigenvalue weighted by molar-refractivity contribution is 7.80. The summed E-state index contributed by atoms with van der Waals surface area (Å²) in [6, 6.07) is 15.8. The predicted molar refractivity (Wildman–Crippen MR) is 147 cm³/mol. The Morgan fingerprint density at radius 1 is 1.14 bits per heavy atom. The molecule has 0 spiro atoms. The molecule has 2 heterocycles. The first-order valence-corrected chi connectivity index (χ1v) is 13.0. The van der Waals surface area contributed by atoms with Gasteiger partial charge in [-0.15, -0.1) is 11.3 Å². The van der Waals surface area contributed by atoms with Crippen molar-refractivity contribution in [2.45, 2.75) is 32.7 Å². The fraction of sp³-hybridized carbons (Fsp3) is 0.296. The minimum Gasteiger partial charge on any atom is -0.497 e. The van der Waals surface area contributed by atoms with Crippen LogP contribution in [0.25, 0.3) is 0 Å². The molecule has 1 saturated heterocycles. The molecular formula is C27H29N3O4S2. The van der Waals surface area contributed by atoms with E-state index in [9.17, 15) is 9.59 Å². The van der Waals surface area contributed by atoms with E-state index in [2.05, 4.69) is 23.7 Å². The Balaban J connectivity index is 1.54. The summed E-state index contributed by atoms with van der Waals surface area (Å²) >= 11 is 7.46. The van der Waals surface area contributed by atoms with Crippen LogP contribution in [0.1, 0.15) is 23.8 Å². The first-order valence-electron chi connectivity index (χ1n) is 11.8. The molecule has 188 valence electrons. The SMILES string of the molecule is CCOc1ccc(NC(=O)C[C@@H]2C(=O)N(c3cccc(OC)c3)C(=S)N2CCc2sccc2C)cc1. The van der Waals surface area contributed by atoms with E-state index in [1.807, 2.05) is 30.0 Å². The van der Waals surface area contributed by atoms with Gasteiger partial charge in [-0.1, -0.05) is 6.07 Å². The van der Waals surface area contributed by atoms with E-state index in [-0.39, 0.29) is 18.2 Å². The average molecular weight is 524 g/mol. The number of nitrogens with zero attached hydrogens (tertiary/aromatic N) is 2. The molecule has 3 aromatic rings. The van der Waals surface area contributed by atoms with E-state index in [0.717, 1.165) is 12.2 Å². The van der Waals surface area contributed by atoms with Gasteiger partial charge in [0.1, 0.15) is 17.5 Å². The lowest BCUT2D eigenvalue weighted by atomic mass is 10.1. The summed E-state index contributed by atoms with van der Waals surface area (Å²) < 4.78 is 10.8. The number of rotatable bonds is 10. The minimum absolute atomic E-state index is 0.0178. The van der Waals surface area contributed by atoms with Crippen LogP contribution in [-0.2, 0) is 16.0 Å². The fourth-order valence-corrected chi connectivity index (χ4v) is 5.46. The van der Waals surface area contributed by atoms with Gasteiger partial charge in [0.25, 0.3) is 5.91 Å². The second-order valence-corrected chi connectivity index (χ2v) is 9.72. The minimum atomic E-state index is -0.702. The van der Waals surface area contributed by atoms with E-state index >= 15 is 0 Å². The number of carbonyl (C=O) groups is 2. The topological polar surface area (TPSA) is 71.1 Å². The molecule has 36 heavy (non-hydrogen) atoms. The van der Waals surface area contributed by atoms with Gasteiger partial charge in [-0.05, 0) is 85.9 Å². The molecule has 0 saturated carbocycles. The molecule has 2 aromatic carbocycles. The summed E-state index contributed by atoms with van der Waals surface area (Å²) in [4.78, 5) is 31.2. The summed E-state index contributed by atoms with van der Waals surface area (Å²) in [5.74, 6) is 0.874. The number of anilines is 2. The van der Waals surface area contributed by atoms with E-state index in [1.165, 1.54) is 15.3 Å². The number of carbonyl (C=O) groups excluding carboxylic acids is 2. The maximum absolute atomic E-state index is 13.6. The Hall–Kier alpha value is -3.43. The Kier molecular flexibility index (Phi) is 8.22. The molecule has 0 unspecified atom stereocenters. The van der Waals surface area contributed by atoms with Crippen molar-refractivity contribution in [3.05, 3.63) is 70.4 Å². The fourth-order valence-electron chi connectivity index (χ4n) is 4.15. The smallest absolute Gasteiger partial charge is 0.256 e. The number of amides is 2. The third-order valence-corrected chi connectivity index (χ3v) is 7.51. The summed E-state index contributed by atoms with van der Waals surface area (Å²) in [6.07, 6.45) is 0.718. The highest BCUT2D eigenvalue weighted by Crippen LogP contribution is 2.30. The summed E-state index contributed by atoms with van der Waals surface area (Å²) in [5.41, 5.74) is 2.48. The Labute approximate surface area is 220 Å². The van der Waals surface area contributed by atoms with Crippen molar-refractivity contribution in [3.8, 4) is 11.5 Å². The molecule has 7 nitrogen and oxygen atoms in total. The molecule has 1 fully saturated rings. The highest BCUT2D eigenvalue weighted by Gasteiger charge is 2.44. The second kappa shape index (κ2) is 11.5. The zero-order valence-corrected chi connectivity index (χ0v) is 22.2. The van der Waals surface area contributed by atoms with E-state index < -0.39 is 6.04 Å². The van der Waals surface area contributed by atoms with Gasteiger partial charge in [-0.3, -0.25) is 14.5 Å². The lowest BCUT2D eigenvalue weighted by molar-refractivity contribution is -0.124. The van der Waals surface area contributed by atoms with Gasteiger partial charge < -0.3 is 19.7 Å². The lowest BCUT2D eigenvalue weighted by Crippen LogP contribution is -2.39. The Morgan fingerprint density at radius 3 is 2.58 bits per heavy atom. The third-order valence-electron chi connectivity index (χ3n) is 6.01. The number of methoxy groups -OCH3 is 1. The van der Waals surface area contributed by atoms with Gasteiger partial charge in [-0.2, -0.15) is 0 Å². The Bertz CT molecular complexity index is 1240. The largest absolute Gasteiger partial charge is 0.497 e. The zero-order chi connectivity index (χ0) is 25.7. The molecule has 2 amide bonds. The molecule has 1 N–H and O–H groups in total. The van der Waals surface area contributed by atoms with Gasteiger partial charge in [0.2, 0.25) is 5.91 Å². The van der Waals surface area contributed by atoms with Gasteiger partial charge in [-0.25, -0.2) is 0 Å². The quantitative estimate of drug-likeness (QED) is 0.376. The van der Waals surface area contributed by atoms with Crippen molar-refractivity contribution in [1.29, 1.82) is 0 Å². The van der Waals surface area contributed by atoms with E-state index in [1.54, 1.807) is 48.8 Å². The number of benzene rings is 2. The molecule has 1 aliphatic heterocycles. The molecule has 4 rings (SSSR count). The monoisotopic (exact) mass is 523 g/mol. The second-order valence-electron chi connectivity index (χ2n) is 8.35. The number of thiophene rings is 1. The van der Waals surface area contributed by atoms with Gasteiger partial charge in [0.15, 0.2) is 5.11 Å². The van der Waals surface area contributed by atoms with Gasteiger partial charge in [0.05, 0.1) is 25.8 Å². The maximum Gasteiger partial charge on any atom is 0.256 e. The first kappa shape index (κ1) is 25.7. The molecule has 0 bridgehead atoms. The molecule has 0 aliphatic carbocycles. The van der Waals surface area contributed by atoms with Crippen molar-refractivity contribution < 1.29 is 19.1 Å². The van der Waals surface area contributed by atoms with Crippen LogP contribution in [-0.4, -0.2) is 48.1 Å². The van der Waals surface area contributed by atoms with Crippen LogP contribution < -0.4 is 19.7 Å². The summed E-state index contributed by atoms with van der Waals surface area (Å²) in [6.45, 7) is 5.09. The Morgan fingerprint density at radius 2 is 1.92 bits per heavy atom. The molecule has 0 radical (unpaired) electrons. The first-order chi connectivity index (χ1) is 17.4. The van der Waals surface area contributed by atoms with Crippen molar-refractivity contribution in [3.63, 3.8) is 0 Å².